The zero-order valence-corrected chi connectivity index (χ0v) is 17.2. The fourth-order valence-electron chi connectivity index (χ4n) is 2.36. The Labute approximate surface area is 174 Å². The molecule has 0 aliphatic heterocycles. The molecule has 0 radical (unpaired) electrons. The van der Waals surface area contributed by atoms with E-state index in [1.54, 1.807) is 42.5 Å². The summed E-state index contributed by atoms with van der Waals surface area (Å²) >= 11 is 6.29. The first-order valence-electron chi connectivity index (χ1n) is 8.83. The predicted octanol–water partition coefficient (Wildman–Crippen LogP) is 3.65. The Balaban J connectivity index is 2.08. The number of carbonyl (C=O) groups is 2. The Morgan fingerprint density at radius 1 is 1.24 bits per heavy atom. The van der Waals surface area contributed by atoms with E-state index in [-0.39, 0.29) is 18.6 Å². The Morgan fingerprint density at radius 3 is 2.66 bits per heavy atom. The molecule has 2 aromatic rings. The van der Waals surface area contributed by atoms with Crippen molar-refractivity contribution in [3.8, 4) is 17.2 Å². The summed E-state index contributed by atoms with van der Waals surface area (Å²) in [6.07, 6.45) is 2.91. The van der Waals surface area contributed by atoms with Crippen LogP contribution in [0.4, 0.5) is 5.69 Å². The van der Waals surface area contributed by atoms with Gasteiger partial charge in [0.25, 0.3) is 5.91 Å². The van der Waals surface area contributed by atoms with Gasteiger partial charge in [0.2, 0.25) is 5.91 Å². The van der Waals surface area contributed by atoms with Crippen molar-refractivity contribution in [1.29, 1.82) is 0 Å². The highest BCUT2D eigenvalue weighted by molar-refractivity contribution is 6.32. The van der Waals surface area contributed by atoms with Crippen LogP contribution in [0.3, 0.4) is 0 Å². The predicted molar refractivity (Wildman–Crippen MR) is 113 cm³/mol. The molecule has 0 aromatic heterocycles. The molecule has 8 heteroatoms. The van der Waals surface area contributed by atoms with Gasteiger partial charge in [-0.3, -0.25) is 9.59 Å². The molecule has 2 aromatic carbocycles. The first-order chi connectivity index (χ1) is 13.8. The molecule has 0 heterocycles. The number of nitrogens with one attached hydrogen (secondary N) is 1. The molecule has 0 unspecified atom stereocenters. The number of rotatable bonds is 9. The van der Waals surface area contributed by atoms with Crippen LogP contribution in [0.15, 0.2) is 42.5 Å². The number of carbonyl (C=O) groups excluding carboxylic acids is 2. The number of ether oxygens (including phenoxy) is 3. The highest BCUT2D eigenvalue weighted by atomic mass is 35.5. The smallest absolute Gasteiger partial charge is 0.255 e. The molecule has 0 saturated heterocycles. The number of halogens is 1. The van der Waals surface area contributed by atoms with Crippen LogP contribution in [0.5, 0.6) is 17.2 Å². The number of primary amides is 1. The summed E-state index contributed by atoms with van der Waals surface area (Å²) in [5.41, 5.74) is 6.24. The van der Waals surface area contributed by atoms with Gasteiger partial charge < -0.3 is 25.3 Å². The Morgan fingerprint density at radius 2 is 2.00 bits per heavy atom. The van der Waals surface area contributed by atoms with Crippen LogP contribution in [0, 0.1) is 0 Å². The maximum absolute atomic E-state index is 12.2. The van der Waals surface area contributed by atoms with Crippen LogP contribution in [0.2, 0.25) is 5.02 Å². The number of anilines is 1. The van der Waals surface area contributed by atoms with E-state index >= 15 is 0 Å². The normalized spacial score (nSPS) is 10.8. The van der Waals surface area contributed by atoms with E-state index in [0.29, 0.717) is 33.5 Å². The second kappa shape index (κ2) is 10.4. The minimum absolute atomic E-state index is 0.0590. The maximum Gasteiger partial charge on any atom is 0.255 e. The van der Waals surface area contributed by atoms with E-state index < -0.39 is 5.91 Å². The van der Waals surface area contributed by atoms with Crippen LogP contribution < -0.4 is 25.3 Å². The number of nitrogens with two attached hydrogens (primary N) is 1. The van der Waals surface area contributed by atoms with Crippen molar-refractivity contribution in [2.24, 2.45) is 5.73 Å². The molecule has 0 bridgehead atoms. The topological polar surface area (TPSA) is 99.9 Å². The molecule has 0 saturated carbocycles. The summed E-state index contributed by atoms with van der Waals surface area (Å²) in [4.78, 5) is 23.0. The number of benzene rings is 2. The van der Waals surface area contributed by atoms with Gasteiger partial charge >= 0.3 is 0 Å². The van der Waals surface area contributed by atoms with Crippen molar-refractivity contribution in [3.63, 3.8) is 0 Å². The molecule has 0 spiro atoms. The summed E-state index contributed by atoms with van der Waals surface area (Å²) < 4.78 is 16.2. The first-order valence-corrected chi connectivity index (χ1v) is 9.20. The van der Waals surface area contributed by atoms with Crippen LogP contribution in [-0.4, -0.2) is 31.6 Å². The Hall–Kier alpha value is -3.19. The highest BCUT2D eigenvalue weighted by Crippen LogP contribution is 2.37. The van der Waals surface area contributed by atoms with E-state index in [4.69, 9.17) is 31.5 Å². The summed E-state index contributed by atoms with van der Waals surface area (Å²) in [6, 6.07) is 10.0. The third-order valence-corrected chi connectivity index (χ3v) is 3.80. The van der Waals surface area contributed by atoms with Crippen molar-refractivity contribution >= 4 is 35.2 Å². The Bertz CT molecular complexity index is 912. The second-order valence-electron chi connectivity index (χ2n) is 6.31. The quantitative estimate of drug-likeness (QED) is 0.605. The van der Waals surface area contributed by atoms with Crippen LogP contribution in [-0.2, 0) is 9.59 Å². The minimum atomic E-state index is -0.582. The van der Waals surface area contributed by atoms with Crippen molar-refractivity contribution in [3.05, 3.63) is 53.1 Å². The van der Waals surface area contributed by atoms with Gasteiger partial charge in [-0.05, 0) is 49.8 Å². The molecular weight excluding hydrogens is 396 g/mol. The molecule has 7 nitrogen and oxygen atoms in total. The van der Waals surface area contributed by atoms with E-state index in [0.717, 1.165) is 0 Å². The number of amides is 2. The summed E-state index contributed by atoms with van der Waals surface area (Å²) in [6.45, 7) is 3.54. The van der Waals surface area contributed by atoms with Gasteiger partial charge in [0.1, 0.15) is 5.75 Å². The van der Waals surface area contributed by atoms with Gasteiger partial charge in [-0.1, -0.05) is 17.7 Å². The third-order valence-electron chi connectivity index (χ3n) is 3.52. The van der Waals surface area contributed by atoms with Crippen LogP contribution in [0.1, 0.15) is 19.4 Å². The summed E-state index contributed by atoms with van der Waals surface area (Å²) in [7, 11) is 1.52. The monoisotopic (exact) mass is 418 g/mol. The molecule has 2 amide bonds. The minimum Gasteiger partial charge on any atom is -0.493 e. The molecule has 0 aliphatic rings. The van der Waals surface area contributed by atoms with Gasteiger partial charge in [0, 0.05) is 17.8 Å². The van der Waals surface area contributed by atoms with Gasteiger partial charge in [-0.2, -0.15) is 0 Å². The summed E-state index contributed by atoms with van der Waals surface area (Å²) in [5, 5.41) is 3.10. The SMILES string of the molecule is COc1cc(/C=C/C(=O)Nc2cccc(OCC(N)=O)c2)cc(Cl)c1OC(C)C. The number of hydrogen-bond donors (Lipinski definition) is 2. The average Bonchev–Trinajstić information content (AvgIpc) is 2.66. The number of methoxy groups -OCH3 is 1. The number of hydrogen-bond acceptors (Lipinski definition) is 5. The molecular formula is C21H23ClN2O5. The van der Waals surface area contributed by atoms with E-state index in [9.17, 15) is 9.59 Å². The Kier molecular flexibility index (Phi) is 7.91. The third kappa shape index (κ3) is 7.04. The lowest BCUT2D eigenvalue weighted by Crippen LogP contribution is -2.20. The molecule has 0 fully saturated rings. The summed E-state index contributed by atoms with van der Waals surface area (Å²) in [5.74, 6) is 0.419. The van der Waals surface area contributed by atoms with Crippen LogP contribution >= 0.6 is 11.6 Å². The van der Waals surface area contributed by atoms with Gasteiger partial charge in [-0.25, -0.2) is 0 Å². The van der Waals surface area contributed by atoms with E-state index in [2.05, 4.69) is 5.32 Å². The van der Waals surface area contributed by atoms with Crippen molar-refractivity contribution in [2.75, 3.05) is 19.0 Å². The fourth-order valence-corrected chi connectivity index (χ4v) is 2.62. The maximum atomic E-state index is 12.2. The standard InChI is InChI=1S/C21H23ClN2O5/c1-13(2)29-21-17(22)9-14(10-18(21)27-3)7-8-20(26)24-15-5-4-6-16(11-15)28-12-19(23)25/h4-11,13H,12H2,1-3H3,(H2,23,25)(H,24,26)/b8-7+. The highest BCUT2D eigenvalue weighted by Gasteiger charge is 2.13. The van der Waals surface area contributed by atoms with Crippen molar-refractivity contribution in [2.45, 2.75) is 20.0 Å². The average molecular weight is 419 g/mol. The second-order valence-corrected chi connectivity index (χ2v) is 6.71. The lowest BCUT2D eigenvalue weighted by atomic mass is 10.1. The molecule has 154 valence electrons. The lowest BCUT2D eigenvalue weighted by Gasteiger charge is -2.15. The largest absolute Gasteiger partial charge is 0.493 e. The van der Waals surface area contributed by atoms with Crippen LogP contribution in [0.25, 0.3) is 6.08 Å². The molecule has 3 N–H and O–H groups in total. The molecule has 29 heavy (non-hydrogen) atoms. The molecule has 2 rings (SSSR count). The van der Waals surface area contributed by atoms with Gasteiger partial charge in [0.05, 0.1) is 18.2 Å². The van der Waals surface area contributed by atoms with E-state index in [1.807, 2.05) is 13.8 Å². The molecule has 0 aliphatic carbocycles. The van der Waals surface area contributed by atoms with Gasteiger partial charge in [0.15, 0.2) is 18.1 Å². The van der Waals surface area contributed by atoms with Crippen molar-refractivity contribution in [1.82, 2.24) is 0 Å². The fraction of sp³-hybridized carbons (Fsp3) is 0.238. The molecule has 0 atom stereocenters. The zero-order valence-electron chi connectivity index (χ0n) is 16.4. The zero-order chi connectivity index (χ0) is 21.4. The van der Waals surface area contributed by atoms with Gasteiger partial charge in [-0.15, -0.1) is 0 Å². The van der Waals surface area contributed by atoms with Crippen molar-refractivity contribution < 1.29 is 23.8 Å². The lowest BCUT2D eigenvalue weighted by molar-refractivity contribution is -0.120. The first kappa shape index (κ1) is 22.1. The van der Waals surface area contributed by atoms with E-state index in [1.165, 1.54) is 13.2 Å².